The van der Waals surface area contributed by atoms with Gasteiger partial charge in [0, 0.05) is 19.7 Å². The number of carbonyl (C=O) groups excluding carboxylic acids is 1. The van der Waals surface area contributed by atoms with Gasteiger partial charge in [0.15, 0.2) is 0 Å². The van der Waals surface area contributed by atoms with Crippen LogP contribution in [0.25, 0.3) is 5.69 Å². The molecule has 0 radical (unpaired) electrons. The zero-order chi connectivity index (χ0) is 17.1. The molecular weight excluding hydrogens is 334 g/mol. The predicted molar refractivity (Wildman–Crippen MR) is 87.6 cm³/mol. The summed E-state index contributed by atoms with van der Waals surface area (Å²) in [7, 11) is 0. The second-order valence-electron chi connectivity index (χ2n) is 5.49. The van der Waals surface area contributed by atoms with E-state index < -0.39 is 11.7 Å². The van der Waals surface area contributed by atoms with Crippen LogP contribution in [-0.2, 0) is 4.74 Å². The van der Waals surface area contributed by atoms with Gasteiger partial charge in [0.2, 0.25) is 0 Å². The first-order valence-electron chi connectivity index (χ1n) is 7.82. The zero-order valence-corrected chi connectivity index (χ0v) is 14.0. The molecule has 2 aromatic rings. The number of hydrogen-bond donors (Lipinski definition) is 0. The molecule has 24 heavy (non-hydrogen) atoms. The molecule has 1 aliphatic heterocycles. The zero-order valence-electron chi connectivity index (χ0n) is 13.3. The van der Waals surface area contributed by atoms with Gasteiger partial charge in [-0.15, -0.1) is 4.68 Å². The number of likely N-dealkylation sites (N-methyl/N-ethyl adjacent to an activating group) is 1. The van der Waals surface area contributed by atoms with E-state index in [1.165, 1.54) is 4.90 Å². The summed E-state index contributed by atoms with van der Waals surface area (Å²) in [4.78, 5) is 26.6. The summed E-state index contributed by atoms with van der Waals surface area (Å²) in [5, 5.41) is 7.83. The van der Waals surface area contributed by atoms with Crippen LogP contribution in [0.1, 0.15) is 19.8 Å². The summed E-state index contributed by atoms with van der Waals surface area (Å²) < 4.78 is 7.32. The molecule has 8 nitrogen and oxygen atoms in total. The van der Waals surface area contributed by atoms with Crippen LogP contribution < -0.4 is 5.69 Å². The number of amides is 1. The Morgan fingerprint density at radius 2 is 2.21 bits per heavy atom. The summed E-state index contributed by atoms with van der Waals surface area (Å²) in [5.41, 5.74) is -0.274. The molecule has 2 heterocycles. The van der Waals surface area contributed by atoms with Crippen LogP contribution in [0.2, 0.25) is 5.02 Å². The molecule has 3 rings (SSSR count). The Bertz CT molecular complexity index is 781. The average Bonchev–Trinajstić information content (AvgIpc) is 3.22. The van der Waals surface area contributed by atoms with Crippen molar-refractivity contribution in [1.29, 1.82) is 0 Å². The van der Waals surface area contributed by atoms with Gasteiger partial charge < -0.3 is 9.64 Å². The van der Waals surface area contributed by atoms with Crippen LogP contribution in [0.3, 0.4) is 0 Å². The maximum absolute atomic E-state index is 12.6. The van der Waals surface area contributed by atoms with Crippen molar-refractivity contribution < 1.29 is 9.53 Å². The average molecular weight is 352 g/mol. The third-order valence-corrected chi connectivity index (χ3v) is 4.26. The molecule has 1 atom stereocenters. The monoisotopic (exact) mass is 351 g/mol. The number of tetrazole rings is 1. The minimum absolute atomic E-state index is 0.00298. The normalized spacial score (nSPS) is 17.2. The molecule has 0 spiro atoms. The molecule has 0 bridgehead atoms. The highest BCUT2D eigenvalue weighted by Gasteiger charge is 2.25. The fourth-order valence-corrected chi connectivity index (χ4v) is 2.87. The van der Waals surface area contributed by atoms with Crippen molar-refractivity contribution in [2.75, 3.05) is 19.7 Å². The predicted octanol–water partition coefficient (Wildman–Crippen LogP) is 1.55. The first-order valence-corrected chi connectivity index (χ1v) is 8.20. The van der Waals surface area contributed by atoms with Crippen LogP contribution in [0.15, 0.2) is 29.1 Å². The molecule has 9 heteroatoms. The van der Waals surface area contributed by atoms with Gasteiger partial charge in [-0.1, -0.05) is 23.7 Å². The first kappa shape index (κ1) is 16.7. The third-order valence-electron chi connectivity index (χ3n) is 3.94. The quantitative estimate of drug-likeness (QED) is 0.780. The number of hydrogen-bond acceptors (Lipinski definition) is 5. The second-order valence-corrected chi connectivity index (χ2v) is 5.90. The Morgan fingerprint density at radius 3 is 2.88 bits per heavy atom. The number of para-hydroxylation sites is 1. The van der Waals surface area contributed by atoms with E-state index in [9.17, 15) is 9.59 Å². The molecule has 128 valence electrons. The van der Waals surface area contributed by atoms with Crippen molar-refractivity contribution in [3.63, 3.8) is 0 Å². The van der Waals surface area contributed by atoms with Crippen molar-refractivity contribution in [1.82, 2.24) is 24.7 Å². The minimum Gasteiger partial charge on any atom is -0.376 e. The van der Waals surface area contributed by atoms with Gasteiger partial charge in [-0.3, -0.25) is 0 Å². The van der Waals surface area contributed by atoms with Crippen molar-refractivity contribution in [3.05, 3.63) is 39.8 Å². The summed E-state index contributed by atoms with van der Waals surface area (Å²) in [6, 6.07) is 6.23. The lowest BCUT2D eigenvalue weighted by Gasteiger charge is -2.22. The summed E-state index contributed by atoms with van der Waals surface area (Å²) in [5.74, 6) is 0. The van der Waals surface area contributed by atoms with Crippen LogP contribution >= 0.6 is 11.6 Å². The van der Waals surface area contributed by atoms with Crippen LogP contribution in [0.4, 0.5) is 4.79 Å². The van der Waals surface area contributed by atoms with Crippen molar-refractivity contribution in [3.8, 4) is 5.69 Å². The highest BCUT2D eigenvalue weighted by atomic mass is 35.5. The molecule has 1 aromatic carbocycles. The molecule has 1 saturated heterocycles. The Morgan fingerprint density at radius 1 is 1.42 bits per heavy atom. The van der Waals surface area contributed by atoms with Gasteiger partial charge >= 0.3 is 11.7 Å². The Balaban J connectivity index is 1.85. The molecule has 1 aliphatic rings. The lowest BCUT2D eigenvalue weighted by Crippen LogP contribution is -2.44. The van der Waals surface area contributed by atoms with E-state index in [1.54, 1.807) is 24.3 Å². The van der Waals surface area contributed by atoms with Crippen molar-refractivity contribution in [2.45, 2.75) is 25.9 Å². The number of rotatable bonds is 4. The van der Waals surface area contributed by atoms with E-state index in [1.807, 2.05) is 6.92 Å². The van der Waals surface area contributed by atoms with E-state index in [-0.39, 0.29) is 6.10 Å². The van der Waals surface area contributed by atoms with Gasteiger partial charge in [0.1, 0.15) is 0 Å². The van der Waals surface area contributed by atoms with E-state index in [4.69, 9.17) is 16.3 Å². The molecule has 1 unspecified atom stereocenters. The highest BCUT2D eigenvalue weighted by molar-refractivity contribution is 6.32. The number of nitrogens with zero attached hydrogens (tertiary/aromatic N) is 5. The smallest absolute Gasteiger partial charge is 0.376 e. The highest BCUT2D eigenvalue weighted by Crippen LogP contribution is 2.17. The van der Waals surface area contributed by atoms with Gasteiger partial charge in [-0.25, -0.2) is 9.59 Å². The van der Waals surface area contributed by atoms with E-state index >= 15 is 0 Å². The number of halogens is 1. The summed E-state index contributed by atoms with van der Waals surface area (Å²) in [6.45, 7) is 3.43. The topological polar surface area (TPSA) is 82.2 Å². The minimum atomic E-state index is -0.654. The Hall–Kier alpha value is -2.19. The maximum Gasteiger partial charge on any atom is 0.377 e. The molecule has 0 saturated carbocycles. The Kier molecular flexibility index (Phi) is 4.96. The third kappa shape index (κ3) is 3.20. The van der Waals surface area contributed by atoms with Crippen molar-refractivity contribution >= 4 is 17.6 Å². The van der Waals surface area contributed by atoms with E-state index in [0.29, 0.717) is 30.4 Å². The van der Waals surface area contributed by atoms with Gasteiger partial charge in [-0.05, 0) is 42.3 Å². The lowest BCUT2D eigenvalue weighted by atomic mass is 10.2. The molecule has 1 fully saturated rings. The van der Waals surface area contributed by atoms with Crippen LogP contribution in [0, 0.1) is 0 Å². The Labute approximate surface area is 143 Å². The lowest BCUT2D eigenvalue weighted by molar-refractivity contribution is 0.0822. The maximum atomic E-state index is 12.6. The van der Waals surface area contributed by atoms with E-state index in [0.717, 1.165) is 22.2 Å². The van der Waals surface area contributed by atoms with E-state index in [2.05, 4.69) is 10.4 Å². The number of ether oxygens (including phenoxy) is 1. The molecule has 1 amide bonds. The first-order chi connectivity index (χ1) is 11.6. The molecule has 1 aromatic heterocycles. The number of carbonyl (C=O) groups is 1. The molecular formula is C15H18ClN5O3. The molecule has 0 aliphatic carbocycles. The number of benzene rings is 1. The SMILES string of the molecule is CCN(CC1CCCO1)C(=O)n1nnn(-c2ccccc2Cl)c1=O. The molecule has 0 N–H and O–H groups in total. The number of aromatic nitrogens is 4. The van der Waals surface area contributed by atoms with Crippen LogP contribution in [0.5, 0.6) is 0 Å². The summed E-state index contributed by atoms with van der Waals surface area (Å²) >= 11 is 6.07. The van der Waals surface area contributed by atoms with Crippen LogP contribution in [-0.4, -0.2) is 56.5 Å². The van der Waals surface area contributed by atoms with Gasteiger partial charge in [0.25, 0.3) is 0 Å². The van der Waals surface area contributed by atoms with Crippen molar-refractivity contribution in [2.24, 2.45) is 0 Å². The van der Waals surface area contributed by atoms with Gasteiger partial charge in [-0.2, -0.15) is 4.68 Å². The fraction of sp³-hybridized carbons (Fsp3) is 0.467. The summed E-state index contributed by atoms with van der Waals surface area (Å²) in [6.07, 6.45) is 1.90. The largest absolute Gasteiger partial charge is 0.377 e. The fourth-order valence-electron chi connectivity index (χ4n) is 2.65. The van der Waals surface area contributed by atoms with Gasteiger partial charge in [0.05, 0.1) is 16.8 Å². The standard InChI is InChI=1S/C15H18ClN5O3/c1-2-19(10-11-6-5-9-24-11)14(22)21-15(23)20(17-18-21)13-8-4-3-7-12(13)16/h3-4,7-8,11H,2,5-6,9-10H2,1H3. The second kappa shape index (κ2) is 7.14.